The van der Waals surface area contributed by atoms with Gasteiger partial charge in [-0.25, -0.2) is 4.79 Å². The molecule has 0 radical (unpaired) electrons. The Bertz CT molecular complexity index is 1400. The van der Waals surface area contributed by atoms with Crippen LogP contribution in [0.3, 0.4) is 0 Å². The van der Waals surface area contributed by atoms with Gasteiger partial charge < -0.3 is 14.8 Å². The number of hydrogen-bond donors (Lipinski definition) is 3. The van der Waals surface area contributed by atoms with E-state index in [-0.39, 0.29) is 17.6 Å². The first-order chi connectivity index (χ1) is 14.0. The Morgan fingerprint density at radius 3 is 2.90 bits per heavy atom. The van der Waals surface area contributed by atoms with Crippen molar-refractivity contribution in [1.29, 1.82) is 0 Å². The van der Waals surface area contributed by atoms with E-state index in [1.807, 2.05) is 0 Å². The summed E-state index contributed by atoms with van der Waals surface area (Å²) in [7, 11) is 0. The van der Waals surface area contributed by atoms with E-state index in [0.717, 1.165) is 12.8 Å². The molecule has 3 aromatic heterocycles. The van der Waals surface area contributed by atoms with Crippen molar-refractivity contribution in [2.75, 3.05) is 0 Å². The van der Waals surface area contributed by atoms with Crippen LogP contribution in [0.25, 0.3) is 11.7 Å². The molecular formula is C19H15ClN6O3. The Labute approximate surface area is 168 Å². The molecule has 9 nitrogen and oxygen atoms in total. The lowest BCUT2D eigenvalue weighted by molar-refractivity contribution is 0.454. The van der Waals surface area contributed by atoms with Crippen molar-refractivity contribution in [3.05, 3.63) is 68.4 Å². The molecule has 0 bridgehead atoms. The van der Waals surface area contributed by atoms with Gasteiger partial charge in [0.2, 0.25) is 11.8 Å². The predicted molar refractivity (Wildman–Crippen MR) is 105 cm³/mol. The van der Waals surface area contributed by atoms with Crippen molar-refractivity contribution in [3.63, 3.8) is 0 Å². The molecule has 3 heterocycles. The normalized spacial score (nSPS) is 15.3. The van der Waals surface area contributed by atoms with Crippen molar-refractivity contribution in [2.24, 2.45) is 4.99 Å². The number of benzene rings is 1. The van der Waals surface area contributed by atoms with Crippen LogP contribution >= 0.6 is 11.6 Å². The average Bonchev–Trinajstić information content (AvgIpc) is 3.31. The number of hydrogen-bond acceptors (Lipinski definition) is 6. The monoisotopic (exact) mass is 410 g/mol. The first-order valence-electron chi connectivity index (χ1n) is 8.94. The van der Waals surface area contributed by atoms with Gasteiger partial charge in [0.15, 0.2) is 11.1 Å². The van der Waals surface area contributed by atoms with E-state index in [4.69, 9.17) is 16.3 Å². The zero-order chi connectivity index (χ0) is 20.0. The summed E-state index contributed by atoms with van der Waals surface area (Å²) in [4.78, 5) is 25.4. The Kier molecular flexibility index (Phi) is 4.09. The van der Waals surface area contributed by atoms with Crippen molar-refractivity contribution < 1.29 is 9.84 Å². The maximum absolute atomic E-state index is 11.4. The first kappa shape index (κ1) is 17.5. The summed E-state index contributed by atoms with van der Waals surface area (Å²) in [6, 6.07) is 9.00. The molecule has 1 saturated carbocycles. The van der Waals surface area contributed by atoms with Crippen molar-refractivity contribution >= 4 is 23.3 Å². The molecule has 29 heavy (non-hydrogen) atoms. The number of halogens is 1. The summed E-state index contributed by atoms with van der Waals surface area (Å²) in [6.45, 7) is 0. The number of ether oxygens (including phenoxy) is 1. The Morgan fingerprint density at radius 1 is 1.31 bits per heavy atom. The lowest BCUT2D eigenvalue weighted by Crippen LogP contribution is -2.19. The molecule has 0 unspecified atom stereocenters. The largest absolute Gasteiger partial charge is 0.493 e. The standard InChI is InChI=1S/C19H15ClN6O3/c20-11-2-1-3-13(7-11)29-16-8-15(22-12-4-5-12)26-17(24-16)10(9-21-26)6-14-18(27)25-19(28)23-14/h1-3,6-9,12,27H,4-5H2,(H2,23,25,28). The minimum absolute atomic E-state index is 0.230. The highest BCUT2D eigenvalue weighted by Crippen LogP contribution is 2.24. The fourth-order valence-electron chi connectivity index (χ4n) is 2.88. The van der Waals surface area contributed by atoms with E-state index in [9.17, 15) is 9.90 Å². The van der Waals surface area contributed by atoms with E-state index in [1.165, 1.54) is 0 Å². The van der Waals surface area contributed by atoms with Gasteiger partial charge >= 0.3 is 5.69 Å². The van der Waals surface area contributed by atoms with Gasteiger partial charge in [0.1, 0.15) is 11.4 Å². The predicted octanol–water partition coefficient (Wildman–Crippen LogP) is 1.51. The fourth-order valence-corrected chi connectivity index (χ4v) is 3.06. The first-order valence-corrected chi connectivity index (χ1v) is 9.32. The van der Waals surface area contributed by atoms with Gasteiger partial charge in [0, 0.05) is 16.3 Å². The van der Waals surface area contributed by atoms with E-state index in [2.05, 4.69) is 25.0 Å². The highest BCUT2D eigenvalue weighted by Gasteiger charge is 2.20. The third-order valence-electron chi connectivity index (χ3n) is 4.37. The summed E-state index contributed by atoms with van der Waals surface area (Å²) < 4.78 is 7.50. The SMILES string of the molecule is O=c1[nH]c(O)c(C=c2cnn3c(=NC4CC4)cc(Oc4cccc(Cl)c4)nc23)[nH]1. The van der Waals surface area contributed by atoms with Crippen LogP contribution in [-0.2, 0) is 0 Å². The molecule has 0 aliphatic heterocycles. The van der Waals surface area contributed by atoms with Gasteiger partial charge in [0.25, 0.3) is 0 Å². The molecule has 1 aromatic carbocycles. The van der Waals surface area contributed by atoms with Crippen LogP contribution in [0.4, 0.5) is 0 Å². The summed E-state index contributed by atoms with van der Waals surface area (Å²) in [5, 5.41) is 15.3. The molecule has 146 valence electrons. The second-order valence-electron chi connectivity index (χ2n) is 6.69. The second-order valence-corrected chi connectivity index (χ2v) is 7.13. The molecule has 0 saturated heterocycles. The highest BCUT2D eigenvalue weighted by molar-refractivity contribution is 6.30. The molecule has 0 amide bonds. The number of rotatable bonds is 4. The van der Waals surface area contributed by atoms with Crippen LogP contribution in [0, 0.1) is 0 Å². The number of H-pyrrole nitrogens is 2. The van der Waals surface area contributed by atoms with Gasteiger partial charge in [-0.1, -0.05) is 17.7 Å². The summed E-state index contributed by atoms with van der Waals surface area (Å²) in [6.07, 6.45) is 5.23. The molecule has 0 atom stereocenters. The molecule has 1 aliphatic carbocycles. The summed E-state index contributed by atoms with van der Waals surface area (Å²) in [5.41, 5.74) is 0.812. The number of aromatic hydroxyl groups is 1. The Morgan fingerprint density at radius 2 is 2.17 bits per heavy atom. The average molecular weight is 411 g/mol. The number of aromatic amines is 2. The number of imidazole rings is 1. The molecule has 3 N–H and O–H groups in total. The molecular weight excluding hydrogens is 396 g/mol. The van der Waals surface area contributed by atoms with Crippen LogP contribution in [0.5, 0.6) is 17.5 Å². The third-order valence-corrected chi connectivity index (χ3v) is 4.61. The smallest absolute Gasteiger partial charge is 0.326 e. The minimum atomic E-state index is -0.507. The molecule has 1 fully saturated rings. The van der Waals surface area contributed by atoms with Gasteiger partial charge in [-0.15, -0.1) is 0 Å². The van der Waals surface area contributed by atoms with Crippen LogP contribution in [0.1, 0.15) is 18.5 Å². The van der Waals surface area contributed by atoms with E-state index in [0.29, 0.717) is 33.0 Å². The van der Waals surface area contributed by atoms with Crippen molar-refractivity contribution in [2.45, 2.75) is 18.9 Å². The van der Waals surface area contributed by atoms with Crippen molar-refractivity contribution in [3.8, 4) is 17.5 Å². The maximum Gasteiger partial charge on any atom is 0.326 e. The topological polar surface area (TPSA) is 121 Å². The molecule has 5 rings (SSSR count). The van der Waals surface area contributed by atoms with E-state index < -0.39 is 5.69 Å². The second kappa shape index (κ2) is 6.78. The van der Waals surface area contributed by atoms with Crippen LogP contribution in [0.2, 0.25) is 5.02 Å². The van der Waals surface area contributed by atoms with Gasteiger partial charge in [-0.3, -0.25) is 9.98 Å². The molecule has 0 spiro atoms. The van der Waals surface area contributed by atoms with Gasteiger partial charge in [-0.2, -0.15) is 14.6 Å². The summed E-state index contributed by atoms with van der Waals surface area (Å²) in [5.74, 6) is 0.619. The molecule has 10 heteroatoms. The van der Waals surface area contributed by atoms with Crippen LogP contribution < -0.4 is 21.1 Å². The van der Waals surface area contributed by atoms with Gasteiger partial charge in [0.05, 0.1) is 12.2 Å². The molecule has 1 aliphatic rings. The third kappa shape index (κ3) is 3.59. The fraction of sp³-hybridized carbons (Fsp3) is 0.158. The van der Waals surface area contributed by atoms with E-state index >= 15 is 0 Å². The summed E-state index contributed by atoms with van der Waals surface area (Å²) >= 11 is 6.04. The lowest BCUT2D eigenvalue weighted by atomic mass is 10.3. The number of nitrogens with one attached hydrogen (secondary N) is 2. The quantitative estimate of drug-likeness (QED) is 0.471. The molecule has 4 aromatic rings. The number of aromatic nitrogens is 5. The van der Waals surface area contributed by atoms with Crippen molar-refractivity contribution in [1.82, 2.24) is 24.6 Å². The number of nitrogens with zero attached hydrogens (tertiary/aromatic N) is 4. The Balaban J connectivity index is 1.68. The van der Waals surface area contributed by atoms with Crippen LogP contribution in [0.15, 0.2) is 46.3 Å². The van der Waals surface area contributed by atoms with Gasteiger partial charge in [-0.05, 0) is 37.1 Å². The van der Waals surface area contributed by atoms with E-state index in [1.54, 1.807) is 47.1 Å². The zero-order valence-corrected chi connectivity index (χ0v) is 15.7. The Hall–Kier alpha value is -3.59. The maximum atomic E-state index is 11.4. The number of fused-ring (bicyclic) bond motifs is 1. The lowest BCUT2D eigenvalue weighted by Gasteiger charge is -2.06. The highest BCUT2D eigenvalue weighted by atomic mass is 35.5. The van der Waals surface area contributed by atoms with Crippen LogP contribution in [-0.4, -0.2) is 35.7 Å². The zero-order valence-electron chi connectivity index (χ0n) is 15.0. The minimum Gasteiger partial charge on any atom is -0.493 e.